The molecule has 8 nitrogen and oxygen atoms in total. The first-order chi connectivity index (χ1) is 15.5. The minimum absolute atomic E-state index is 0.0687. The van der Waals surface area contributed by atoms with Crippen LogP contribution in [0.2, 0.25) is 0 Å². The van der Waals surface area contributed by atoms with Gasteiger partial charge in [0.25, 0.3) is 5.91 Å². The van der Waals surface area contributed by atoms with E-state index in [1.807, 2.05) is 36.4 Å². The highest BCUT2D eigenvalue weighted by molar-refractivity contribution is 6.05. The zero-order chi connectivity index (χ0) is 22.2. The Balaban J connectivity index is 1.43. The highest BCUT2D eigenvalue weighted by atomic mass is 16.3. The first-order valence-corrected chi connectivity index (χ1v) is 9.98. The molecule has 0 aliphatic rings. The minimum atomic E-state index is -0.476. The number of aromatic amines is 1. The summed E-state index contributed by atoms with van der Waals surface area (Å²) < 4.78 is 5.55. The van der Waals surface area contributed by atoms with E-state index in [1.165, 1.54) is 6.20 Å². The summed E-state index contributed by atoms with van der Waals surface area (Å²) in [7, 11) is 0. The summed E-state index contributed by atoms with van der Waals surface area (Å²) in [6.07, 6.45) is 1.54. The molecular formula is C24H19N5O3. The Bertz CT molecular complexity index is 1500. The van der Waals surface area contributed by atoms with E-state index >= 15 is 0 Å². The van der Waals surface area contributed by atoms with Crippen molar-refractivity contribution in [2.24, 2.45) is 0 Å². The normalized spacial score (nSPS) is 11.2. The number of carbonyl (C=O) groups excluding carboxylic acids is 1. The van der Waals surface area contributed by atoms with Crippen LogP contribution in [0.5, 0.6) is 0 Å². The number of hydrogen-bond donors (Lipinski definition) is 4. The molecule has 5 rings (SSSR count). The molecule has 32 heavy (non-hydrogen) atoms. The number of aliphatic hydroxyl groups excluding tert-OH is 1. The highest BCUT2D eigenvalue weighted by Gasteiger charge is 2.15. The lowest BCUT2D eigenvalue weighted by atomic mass is 10.1. The van der Waals surface area contributed by atoms with Crippen molar-refractivity contribution in [1.29, 1.82) is 5.41 Å². The van der Waals surface area contributed by atoms with Gasteiger partial charge in [0.2, 0.25) is 5.55 Å². The second-order valence-electron chi connectivity index (χ2n) is 7.39. The fraction of sp³-hybridized carbons (Fsp3) is 0.0833. The largest absolute Gasteiger partial charge is 0.436 e. The van der Waals surface area contributed by atoms with E-state index in [2.05, 4.69) is 20.3 Å². The van der Waals surface area contributed by atoms with Gasteiger partial charge in [0.1, 0.15) is 11.4 Å². The van der Waals surface area contributed by atoms with Crippen LogP contribution in [-0.2, 0) is 6.61 Å². The SMILES string of the molecule is Cc1ncc(CO)c2cc(C(=O)Nc3ccc(-c4nc5ccccc5[nH]4)cc3)c(=N)oc12. The number of rotatable bonds is 4. The maximum absolute atomic E-state index is 12.8. The van der Waals surface area contributed by atoms with Crippen LogP contribution in [0.3, 0.4) is 0 Å². The molecule has 0 aliphatic carbocycles. The lowest BCUT2D eigenvalue weighted by molar-refractivity contribution is 0.102. The van der Waals surface area contributed by atoms with Crippen molar-refractivity contribution in [1.82, 2.24) is 15.0 Å². The van der Waals surface area contributed by atoms with Gasteiger partial charge in [-0.1, -0.05) is 12.1 Å². The first-order valence-electron chi connectivity index (χ1n) is 9.98. The maximum Gasteiger partial charge on any atom is 0.261 e. The fourth-order valence-electron chi connectivity index (χ4n) is 3.59. The van der Waals surface area contributed by atoms with E-state index in [0.717, 1.165) is 22.4 Å². The standard InChI is InChI=1S/C24H19N5O3/c1-13-21-17(15(12-30)11-26-13)10-18(22(25)32-21)24(31)27-16-8-6-14(7-9-16)23-28-19-4-2-3-5-20(19)29-23/h2-11,25,30H,12H2,1H3,(H,27,31)(H,28,29). The van der Waals surface area contributed by atoms with Gasteiger partial charge < -0.3 is 19.8 Å². The highest BCUT2D eigenvalue weighted by Crippen LogP contribution is 2.23. The van der Waals surface area contributed by atoms with Gasteiger partial charge in [-0.05, 0) is 49.4 Å². The number of pyridine rings is 1. The fourth-order valence-corrected chi connectivity index (χ4v) is 3.59. The third kappa shape index (κ3) is 3.42. The van der Waals surface area contributed by atoms with Gasteiger partial charge in [-0.2, -0.15) is 0 Å². The second kappa shape index (κ2) is 7.75. The van der Waals surface area contributed by atoms with Gasteiger partial charge in [-0.15, -0.1) is 0 Å². The Morgan fingerprint density at radius 3 is 2.72 bits per heavy atom. The van der Waals surface area contributed by atoms with E-state index in [4.69, 9.17) is 9.83 Å². The Hall–Kier alpha value is -4.30. The van der Waals surface area contributed by atoms with Crippen molar-refractivity contribution < 1.29 is 14.3 Å². The predicted octanol–water partition coefficient (Wildman–Crippen LogP) is 3.90. The van der Waals surface area contributed by atoms with Crippen LogP contribution in [-0.4, -0.2) is 26.0 Å². The van der Waals surface area contributed by atoms with Gasteiger partial charge in [0.05, 0.1) is 23.3 Å². The number of anilines is 1. The molecular weight excluding hydrogens is 406 g/mol. The molecule has 0 fully saturated rings. The van der Waals surface area contributed by atoms with Crippen LogP contribution in [0.25, 0.3) is 33.4 Å². The number of aliphatic hydroxyl groups is 1. The Morgan fingerprint density at radius 1 is 1.19 bits per heavy atom. The number of nitrogens with zero attached hydrogens (tertiary/aromatic N) is 2. The third-order valence-corrected chi connectivity index (χ3v) is 5.29. The van der Waals surface area contributed by atoms with Crippen LogP contribution in [0.1, 0.15) is 21.6 Å². The van der Waals surface area contributed by atoms with Crippen LogP contribution in [0.15, 0.2) is 65.2 Å². The third-order valence-electron chi connectivity index (χ3n) is 5.29. The van der Waals surface area contributed by atoms with Crippen molar-refractivity contribution in [2.75, 3.05) is 5.32 Å². The quantitative estimate of drug-likeness (QED) is 0.347. The lowest BCUT2D eigenvalue weighted by Gasteiger charge is -2.09. The predicted molar refractivity (Wildman–Crippen MR) is 120 cm³/mol. The number of H-pyrrole nitrogens is 1. The second-order valence-corrected chi connectivity index (χ2v) is 7.39. The molecule has 158 valence electrons. The minimum Gasteiger partial charge on any atom is -0.436 e. The first kappa shape index (κ1) is 19.7. The summed E-state index contributed by atoms with van der Waals surface area (Å²) in [4.78, 5) is 24.9. The molecule has 0 spiro atoms. The van der Waals surface area contributed by atoms with Gasteiger partial charge in [0.15, 0.2) is 5.58 Å². The van der Waals surface area contributed by atoms with Crippen molar-refractivity contribution in [2.45, 2.75) is 13.5 Å². The van der Waals surface area contributed by atoms with E-state index in [9.17, 15) is 9.90 Å². The number of aromatic nitrogens is 3. The molecule has 2 aromatic carbocycles. The molecule has 4 N–H and O–H groups in total. The molecule has 0 atom stereocenters. The molecule has 8 heteroatoms. The molecule has 0 radical (unpaired) electrons. The molecule has 5 aromatic rings. The average Bonchev–Trinajstić information content (AvgIpc) is 3.24. The smallest absolute Gasteiger partial charge is 0.261 e. The zero-order valence-electron chi connectivity index (χ0n) is 17.1. The molecule has 0 saturated carbocycles. The number of imidazole rings is 1. The molecule has 0 unspecified atom stereocenters. The number of fused-ring (bicyclic) bond motifs is 2. The summed E-state index contributed by atoms with van der Waals surface area (Å²) in [6.45, 7) is 1.50. The number of carbonyl (C=O) groups is 1. The van der Waals surface area contributed by atoms with E-state index in [0.29, 0.717) is 27.9 Å². The molecule has 1 amide bonds. The summed E-state index contributed by atoms with van der Waals surface area (Å²) in [5.74, 6) is 0.266. The van der Waals surface area contributed by atoms with E-state index in [1.54, 1.807) is 25.1 Å². The number of aryl methyl sites for hydroxylation is 1. The van der Waals surface area contributed by atoms with Crippen molar-refractivity contribution in [3.63, 3.8) is 0 Å². The topological polar surface area (TPSA) is 128 Å². The van der Waals surface area contributed by atoms with E-state index < -0.39 is 5.91 Å². The Kier molecular flexibility index (Phi) is 4.76. The van der Waals surface area contributed by atoms with Crippen LogP contribution in [0, 0.1) is 12.3 Å². The molecule has 0 bridgehead atoms. The van der Waals surface area contributed by atoms with Gasteiger partial charge in [-0.3, -0.25) is 15.2 Å². The van der Waals surface area contributed by atoms with Crippen LogP contribution in [0.4, 0.5) is 5.69 Å². The number of benzene rings is 2. The molecule has 0 saturated heterocycles. The number of hydrogen-bond acceptors (Lipinski definition) is 6. The Morgan fingerprint density at radius 2 is 1.97 bits per heavy atom. The summed E-state index contributed by atoms with van der Waals surface area (Å²) >= 11 is 0. The monoisotopic (exact) mass is 425 g/mol. The molecule has 3 heterocycles. The average molecular weight is 425 g/mol. The summed E-state index contributed by atoms with van der Waals surface area (Å²) in [5, 5.41) is 21.1. The maximum atomic E-state index is 12.8. The number of nitrogens with one attached hydrogen (secondary N) is 3. The number of para-hydroxylation sites is 2. The van der Waals surface area contributed by atoms with E-state index in [-0.39, 0.29) is 17.7 Å². The zero-order valence-corrected chi connectivity index (χ0v) is 17.1. The molecule has 0 aliphatic heterocycles. The summed E-state index contributed by atoms with van der Waals surface area (Å²) in [5.41, 5.74) is 4.59. The van der Waals surface area contributed by atoms with Crippen molar-refractivity contribution in [3.05, 3.63) is 83.2 Å². The van der Waals surface area contributed by atoms with Gasteiger partial charge in [0, 0.05) is 28.4 Å². The van der Waals surface area contributed by atoms with Crippen molar-refractivity contribution in [3.8, 4) is 11.4 Å². The molecule has 3 aromatic heterocycles. The van der Waals surface area contributed by atoms with Crippen LogP contribution < -0.4 is 10.9 Å². The number of amides is 1. The van der Waals surface area contributed by atoms with Gasteiger partial charge in [-0.25, -0.2) is 4.98 Å². The lowest BCUT2D eigenvalue weighted by Crippen LogP contribution is -2.21. The van der Waals surface area contributed by atoms with Gasteiger partial charge >= 0.3 is 0 Å². The van der Waals surface area contributed by atoms with Crippen molar-refractivity contribution >= 4 is 33.6 Å². The van der Waals surface area contributed by atoms with Crippen LogP contribution >= 0.6 is 0 Å². The summed E-state index contributed by atoms with van der Waals surface area (Å²) in [6, 6.07) is 16.6. The Labute approximate surface area is 182 Å².